The molecule has 1 N–H and O–H groups in total. The van der Waals surface area contributed by atoms with Crippen molar-refractivity contribution in [2.45, 2.75) is 44.8 Å². The van der Waals surface area contributed by atoms with Gasteiger partial charge in [0.05, 0.1) is 12.1 Å². The topological polar surface area (TPSA) is 47.0 Å². The highest BCUT2D eigenvalue weighted by atomic mass is 32.1. The quantitative estimate of drug-likeness (QED) is 0.875. The highest BCUT2D eigenvalue weighted by Gasteiger charge is 2.17. The van der Waals surface area contributed by atoms with Gasteiger partial charge in [0.25, 0.3) is 0 Å². The van der Waals surface area contributed by atoms with Gasteiger partial charge in [0.2, 0.25) is 0 Å². The summed E-state index contributed by atoms with van der Waals surface area (Å²) < 4.78 is 5.70. The molecular weight excluding hydrogens is 222 g/mol. The molecule has 0 amide bonds. The molecule has 2 unspecified atom stereocenters. The molecule has 0 aromatic carbocycles. The Hall–Kier alpha value is -0.520. The maximum atomic E-state index is 5.70. The summed E-state index contributed by atoms with van der Waals surface area (Å²) in [6.45, 7) is 3.00. The molecule has 0 radical (unpaired) electrons. The molecule has 2 heterocycles. The van der Waals surface area contributed by atoms with Gasteiger partial charge < -0.3 is 10.1 Å². The minimum absolute atomic E-state index is 0.290. The molecule has 0 saturated carbocycles. The lowest BCUT2D eigenvalue weighted by atomic mass is 10.1. The number of rotatable bonds is 4. The Balaban J connectivity index is 1.91. The zero-order chi connectivity index (χ0) is 11.4. The third-order valence-corrected chi connectivity index (χ3v) is 4.09. The van der Waals surface area contributed by atoms with Gasteiger partial charge >= 0.3 is 0 Å². The van der Waals surface area contributed by atoms with E-state index in [0.29, 0.717) is 12.1 Å². The Kier molecular flexibility index (Phi) is 4.26. The first-order chi connectivity index (χ1) is 7.79. The molecule has 0 bridgehead atoms. The van der Waals surface area contributed by atoms with E-state index in [1.54, 1.807) is 11.3 Å². The van der Waals surface area contributed by atoms with E-state index >= 15 is 0 Å². The van der Waals surface area contributed by atoms with Crippen LogP contribution >= 0.6 is 11.3 Å². The van der Waals surface area contributed by atoms with Crippen molar-refractivity contribution in [2.24, 2.45) is 0 Å². The first kappa shape index (κ1) is 12.0. The van der Waals surface area contributed by atoms with Gasteiger partial charge in [-0.2, -0.15) is 0 Å². The Morgan fingerprint density at radius 2 is 2.38 bits per heavy atom. The van der Waals surface area contributed by atoms with E-state index in [-0.39, 0.29) is 0 Å². The van der Waals surface area contributed by atoms with Crippen LogP contribution in [0.4, 0.5) is 0 Å². The lowest BCUT2D eigenvalue weighted by Gasteiger charge is -2.21. The highest BCUT2D eigenvalue weighted by Crippen LogP contribution is 2.22. The van der Waals surface area contributed by atoms with Gasteiger partial charge in [-0.3, -0.25) is 0 Å². The van der Waals surface area contributed by atoms with Crippen LogP contribution in [0.3, 0.4) is 0 Å². The number of nitrogens with one attached hydrogen (secondary N) is 1. The molecule has 2 rings (SSSR count). The van der Waals surface area contributed by atoms with Gasteiger partial charge in [-0.1, -0.05) is 11.3 Å². The summed E-state index contributed by atoms with van der Waals surface area (Å²) in [5.74, 6) is 0. The Morgan fingerprint density at radius 1 is 1.50 bits per heavy atom. The van der Waals surface area contributed by atoms with E-state index in [9.17, 15) is 0 Å². The minimum atomic E-state index is 0.290. The smallest absolute Gasteiger partial charge is 0.134 e. The van der Waals surface area contributed by atoms with Crippen molar-refractivity contribution >= 4 is 11.3 Å². The van der Waals surface area contributed by atoms with Gasteiger partial charge in [-0.25, -0.2) is 0 Å². The zero-order valence-electron chi connectivity index (χ0n) is 9.90. The lowest BCUT2D eigenvalue weighted by Crippen LogP contribution is -2.21. The lowest BCUT2D eigenvalue weighted by molar-refractivity contribution is 0.0167. The molecule has 1 aromatic heterocycles. The molecule has 0 spiro atoms. The molecule has 16 heavy (non-hydrogen) atoms. The second-order valence-corrected chi connectivity index (χ2v) is 5.33. The SMILES string of the molecule is CNC(C)c1nnc(CC2CCCCO2)s1. The van der Waals surface area contributed by atoms with Gasteiger partial charge in [-0.15, -0.1) is 10.2 Å². The van der Waals surface area contributed by atoms with E-state index < -0.39 is 0 Å². The number of hydrogen-bond acceptors (Lipinski definition) is 5. The average molecular weight is 241 g/mol. The minimum Gasteiger partial charge on any atom is -0.378 e. The van der Waals surface area contributed by atoms with Gasteiger partial charge in [0.1, 0.15) is 10.0 Å². The molecular formula is C11H19N3OS. The van der Waals surface area contributed by atoms with Gasteiger partial charge in [0, 0.05) is 13.0 Å². The standard InChI is InChI=1S/C11H19N3OS/c1-8(12-2)11-14-13-10(16-11)7-9-5-3-4-6-15-9/h8-9,12H,3-7H2,1-2H3. The first-order valence-corrected chi connectivity index (χ1v) is 6.72. The predicted molar refractivity (Wildman–Crippen MR) is 64.7 cm³/mol. The Labute approximate surface area is 100 Å². The van der Waals surface area contributed by atoms with E-state index in [4.69, 9.17) is 4.74 Å². The van der Waals surface area contributed by atoms with Crippen LogP contribution in [-0.4, -0.2) is 30.0 Å². The number of aromatic nitrogens is 2. The maximum Gasteiger partial charge on any atom is 0.134 e. The van der Waals surface area contributed by atoms with Crippen LogP contribution in [0.2, 0.25) is 0 Å². The molecule has 1 aliphatic heterocycles. The summed E-state index contributed by atoms with van der Waals surface area (Å²) in [6, 6.07) is 0.290. The summed E-state index contributed by atoms with van der Waals surface area (Å²) >= 11 is 1.69. The van der Waals surface area contributed by atoms with E-state index in [1.807, 2.05) is 7.05 Å². The van der Waals surface area contributed by atoms with Crippen LogP contribution in [0.5, 0.6) is 0 Å². The van der Waals surface area contributed by atoms with Crippen molar-refractivity contribution in [3.8, 4) is 0 Å². The van der Waals surface area contributed by atoms with Gasteiger partial charge in [0.15, 0.2) is 0 Å². The fourth-order valence-electron chi connectivity index (χ4n) is 1.81. The number of hydrogen-bond donors (Lipinski definition) is 1. The predicted octanol–water partition coefficient (Wildman–Crippen LogP) is 1.93. The van der Waals surface area contributed by atoms with Crippen LogP contribution < -0.4 is 5.32 Å². The van der Waals surface area contributed by atoms with Crippen molar-refractivity contribution in [1.82, 2.24) is 15.5 Å². The maximum absolute atomic E-state index is 5.70. The van der Waals surface area contributed by atoms with Gasteiger partial charge in [-0.05, 0) is 33.2 Å². The largest absolute Gasteiger partial charge is 0.378 e. The molecule has 1 aliphatic rings. The third-order valence-electron chi connectivity index (χ3n) is 2.96. The van der Waals surface area contributed by atoms with Crippen LogP contribution in [0.15, 0.2) is 0 Å². The van der Waals surface area contributed by atoms with Crippen molar-refractivity contribution in [3.05, 3.63) is 10.0 Å². The zero-order valence-corrected chi connectivity index (χ0v) is 10.7. The summed E-state index contributed by atoms with van der Waals surface area (Å²) in [6.07, 6.45) is 4.93. The Morgan fingerprint density at radius 3 is 3.06 bits per heavy atom. The molecule has 5 heteroatoms. The second kappa shape index (κ2) is 5.70. The van der Waals surface area contributed by atoms with Crippen LogP contribution in [-0.2, 0) is 11.2 Å². The van der Waals surface area contributed by atoms with Crippen LogP contribution in [0, 0.1) is 0 Å². The molecule has 4 nitrogen and oxygen atoms in total. The summed E-state index contributed by atoms with van der Waals surface area (Å²) in [5, 5.41) is 13.8. The molecule has 0 aliphatic carbocycles. The first-order valence-electron chi connectivity index (χ1n) is 5.90. The summed E-state index contributed by atoms with van der Waals surface area (Å²) in [4.78, 5) is 0. The summed E-state index contributed by atoms with van der Waals surface area (Å²) in [7, 11) is 1.94. The number of nitrogens with zero attached hydrogens (tertiary/aromatic N) is 2. The second-order valence-electron chi connectivity index (χ2n) is 4.24. The van der Waals surface area contributed by atoms with Crippen LogP contribution in [0.1, 0.15) is 42.2 Å². The summed E-state index contributed by atoms with van der Waals surface area (Å²) in [5.41, 5.74) is 0. The van der Waals surface area contributed by atoms with Crippen molar-refractivity contribution < 1.29 is 4.74 Å². The average Bonchev–Trinajstić information content (AvgIpc) is 2.78. The van der Waals surface area contributed by atoms with Crippen molar-refractivity contribution in [1.29, 1.82) is 0 Å². The molecule has 1 saturated heterocycles. The Bertz CT molecular complexity index is 323. The normalized spacial score (nSPS) is 23.2. The van der Waals surface area contributed by atoms with Crippen molar-refractivity contribution in [3.63, 3.8) is 0 Å². The third kappa shape index (κ3) is 2.99. The molecule has 90 valence electrons. The fourth-order valence-corrected chi connectivity index (χ4v) is 2.78. The fraction of sp³-hybridized carbons (Fsp3) is 0.818. The monoisotopic (exact) mass is 241 g/mol. The van der Waals surface area contributed by atoms with E-state index in [0.717, 1.165) is 29.5 Å². The van der Waals surface area contributed by atoms with Crippen molar-refractivity contribution in [2.75, 3.05) is 13.7 Å². The van der Waals surface area contributed by atoms with E-state index in [1.165, 1.54) is 12.8 Å². The van der Waals surface area contributed by atoms with Crippen LogP contribution in [0.25, 0.3) is 0 Å². The number of ether oxygens (including phenoxy) is 1. The molecule has 2 atom stereocenters. The highest BCUT2D eigenvalue weighted by molar-refractivity contribution is 7.11. The van der Waals surface area contributed by atoms with E-state index in [2.05, 4.69) is 22.4 Å². The molecule has 1 fully saturated rings. The molecule has 1 aromatic rings.